The second-order valence-electron chi connectivity index (χ2n) is 8.52. The van der Waals surface area contributed by atoms with Crippen molar-refractivity contribution in [3.05, 3.63) is 97.5 Å². The maximum absolute atomic E-state index is 13.2. The van der Waals surface area contributed by atoms with Gasteiger partial charge in [0, 0.05) is 0 Å². The first-order valence-electron chi connectivity index (χ1n) is 11.1. The molecule has 0 atom stereocenters. The van der Waals surface area contributed by atoms with Crippen LogP contribution in [0.5, 0.6) is 5.75 Å². The summed E-state index contributed by atoms with van der Waals surface area (Å²) in [6, 6.07) is 11.8. The van der Waals surface area contributed by atoms with E-state index < -0.39 is 40.8 Å². The minimum absolute atomic E-state index is 0.275. The van der Waals surface area contributed by atoms with Crippen LogP contribution in [-0.2, 0) is 22.4 Å². The molecule has 1 saturated heterocycles. The molecule has 1 fully saturated rings. The van der Waals surface area contributed by atoms with Crippen molar-refractivity contribution in [1.29, 1.82) is 0 Å². The van der Waals surface area contributed by atoms with Crippen LogP contribution < -0.4 is 15.0 Å². The summed E-state index contributed by atoms with van der Waals surface area (Å²) in [5, 5.41) is 1.69. The van der Waals surface area contributed by atoms with Crippen LogP contribution in [0.25, 0.3) is 6.08 Å². The highest BCUT2D eigenvalue weighted by atomic mass is 79.9. The van der Waals surface area contributed by atoms with Gasteiger partial charge in [0.1, 0.15) is 17.9 Å². The Morgan fingerprint density at radius 2 is 1.74 bits per heavy atom. The summed E-state index contributed by atoms with van der Waals surface area (Å²) in [4.78, 5) is 38.4. The number of rotatable bonds is 5. The summed E-state index contributed by atoms with van der Waals surface area (Å²) in [5.74, 6) is -1.60. The van der Waals surface area contributed by atoms with Crippen molar-refractivity contribution in [3.63, 3.8) is 0 Å². The van der Waals surface area contributed by atoms with Gasteiger partial charge >= 0.3 is 12.2 Å². The Morgan fingerprint density at radius 1 is 1.00 bits per heavy atom. The first-order chi connectivity index (χ1) is 17.8. The topological polar surface area (TPSA) is 75.7 Å². The summed E-state index contributed by atoms with van der Waals surface area (Å²) < 4.78 is 46.1. The summed E-state index contributed by atoms with van der Waals surface area (Å²) in [7, 11) is 0. The third-order valence-electron chi connectivity index (χ3n) is 5.85. The van der Waals surface area contributed by atoms with Gasteiger partial charge < -0.3 is 4.74 Å². The molecule has 196 valence electrons. The number of anilines is 1. The zero-order chi connectivity index (χ0) is 27.8. The van der Waals surface area contributed by atoms with Crippen molar-refractivity contribution in [2.24, 2.45) is 0 Å². The lowest BCUT2D eigenvalue weighted by atomic mass is 10.1. The van der Waals surface area contributed by atoms with Crippen LogP contribution in [-0.4, -0.2) is 17.8 Å². The average Bonchev–Trinajstić information content (AvgIpc) is 2.83. The maximum Gasteiger partial charge on any atom is 0.416 e. The number of carbonyl (C=O) groups is 3. The molecular weight excluding hydrogens is 589 g/mol. The molecule has 4 rings (SSSR count). The highest BCUT2D eigenvalue weighted by Gasteiger charge is 2.39. The number of alkyl halides is 3. The fourth-order valence-electron chi connectivity index (χ4n) is 3.68. The van der Waals surface area contributed by atoms with Crippen LogP contribution in [0.1, 0.15) is 27.8 Å². The average molecular weight is 608 g/mol. The van der Waals surface area contributed by atoms with Gasteiger partial charge in [-0.2, -0.15) is 13.2 Å². The van der Waals surface area contributed by atoms with E-state index in [1.807, 2.05) is 37.4 Å². The fourth-order valence-corrected chi connectivity index (χ4v) is 4.39. The van der Waals surface area contributed by atoms with Crippen molar-refractivity contribution in [2.75, 3.05) is 4.90 Å². The Labute approximate surface area is 229 Å². The second-order valence-corrected chi connectivity index (χ2v) is 9.78. The van der Waals surface area contributed by atoms with Crippen LogP contribution in [0.15, 0.2) is 64.6 Å². The largest absolute Gasteiger partial charge is 0.488 e. The zero-order valence-electron chi connectivity index (χ0n) is 20.0. The Balaban J connectivity index is 1.60. The van der Waals surface area contributed by atoms with Crippen molar-refractivity contribution in [1.82, 2.24) is 5.32 Å². The van der Waals surface area contributed by atoms with Gasteiger partial charge in [0.25, 0.3) is 11.8 Å². The van der Waals surface area contributed by atoms with E-state index in [9.17, 15) is 27.6 Å². The molecule has 0 aromatic heterocycles. The van der Waals surface area contributed by atoms with Crippen LogP contribution in [0, 0.1) is 13.8 Å². The van der Waals surface area contributed by atoms with Crippen molar-refractivity contribution < 1.29 is 32.3 Å². The minimum Gasteiger partial charge on any atom is -0.488 e. The summed E-state index contributed by atoms with van der Waals surface area (Å²) >= 11 is 9.43. The number of nitrogens with one attached hydrogen (secondary N) is 1. The Morgan fingerprint density at radius 3 is 2.39 bits per heavy atom. The molecule has 1 N–H and O–H groups in total. The number of aryl methyl sites for hydroxylation is 2. The van der Waals surface area contributed by atoms with Gasteiger partial charge in [0.05, 0.1) is 20.7 Å². The molecule has 0 unspecified atom stereocenters. The van der Waals surface area contributed by atoms with Crippen LogP contribution in [0.4, 0.5) is 23.7 Å². The smallest absolute Gasteiger partial charge is 0.416 e. The fraction of sp³-hybridized carbons (Fsp3) is 0.148. The molecular formula is C27H19BrClF3N2O4. The van der Waals surface area contributed by atoms with E-state index >= 15 is 0 Å². The molecule has 0 spiro atoms. The van der Waals surface area contributed by atoms with Crippen molar-refractivity contribution in [3.8, 4) is 5.75 Å². The van der Waals surface area contributed by atoms with E-state index in [-0.39, 0.29) is 5.02 Å². The molecule has 38 heavy (non-hydrogen) atoms. The van der Waals surface area contributed by atoms with E-state index in [2.05, 4.69) is 15.9 Å². The maximum atomic E-state index is 13.2. The molecule has 1 heterocycles. The van der Waals surface area contributed by atoms with E-state index in [1.165, 1.54) is 11.6 Å². The number of barbiturate groups is 1. The normalized spacial score (nSPS) is 15.2. The summed E-state index contributed by atoms with van der Waals surface area (Å²) in [5.41, 5.74) is 1.62. The van der Waals surface area contributed by atoms with Gasteiger partial charge in [-0.15, -0.1) is 0 Å². The van der Waals surface area contributed by atoms with E-state index in [1.54, 1.807) is 18.2 Å². The number of halogens is 5. The first kappa shape index (κ1) is 27.4. The zero-order valence-corrected chi connectivity index (χ0v) is 22.3. The third-order valence-corrected chi connectivity index (χ3v) is 6.79. The van der Waals surface area contributed by atoms with Crippen LogP contribution >= 0.6 is 27.5 Å². The number of amides is 4. The molecule has 4 amide bonds. The molecule has 6 nitrogen and oxygen atoms in total. The molecule has 0 radical (unpaired) electrons. The van der Waals surface area contributed by atoms with Gasteiger partial charge in [-0.3, -0.25) is 14.9 Å². The van der Waals surface area contributed by atoms with Gasteiger partial charge in [-0.1, -0.05) is 35.9 Å². The van der Waals surface area contributed by atoms with E-state index in [0.717, 1.165) is 23.3 Å². The van der Waals surface area contributed by atoms with Crippen LogP contribution in [0.3, 0.4) is 0 Å². The summed E-state index contributed by atoms with van der Waals surface area (Å²) in [6.07, 6.45) is -3.52. The van der Waals surface area contributed by atoms with Gasteiger partial charge in [-0.25, -0.2) is 9.69 Å². The molecule has 0 aliphatic carbocycles. The predicted molar refractivity (Wildman–Crippen MR) is 140 cm³/mol. The van der Waals surface area contributed by atoms with Gasteiger partial charge in [-0.05, 0) is 88.4 Å². The molecule has 0 saturated carbocycles. The highest BCUT2D eigenvalue weighted by molar-refractivity contribution is 9.10. The number of ether oxygens (including phenoxy) is 1. The number of hydrogen-bond acceptors (Lipinski definition) is 4. The van der Waals surface area contributed by atoms with Crippen molar-refractivity contribution in [2.45, 2.75) is 26.6 Å². The van der Waals surface area contributed by atoms with Crippen LogP contribution in [0.2, 0.25) is 5.02 Å². The number of hydrogen-bond donors (Lipinski definition) is 1. The number of benzene rings is 3. The first-order valence-corrected chi connectivity index (χ1v) is 12.3. The molecule has 3 aromatic carbocycles. The Hall–Kier alpha value is -3.63. The lowest BCUT2D eigenvalue weighted by Crippen LogP contribution is -2.54. The number of urea groups is 1. The molecule has 0 bridgehead atoms. The van der Waals surface area contributed by atoms with E-state index in [4.69, 9.17) is 16.3 Å². The molecule has 11 heteroatoms. The second kappa shape index (κ2) is 10.6. The van der Waals surface area contributed by atoms with Gasteiger partial charge in [0.2, 0.25) is 0 Å². The molecule has 1 aliphatic heterocycles. The van der Waals surface area contributed by atoms with E-state index in [0.29, 0.717) is 33.4 Å². The monoisotopic (exact) mass is 606 g/mol. The van der Waals surface area contributed by atoms with Gasteiger partial charge in [0.15, 0.2) is 0 Å². The highest BCUT2D eigenvalue weighted by Crippen LogP contribution is 2.37. The lowest BCUT2D eigenvalue weighted by molar-refractivity contribution is -0.137. The SMILES string of the molecule is Cc1ccc(COc2ccc(/C=C3/C(=O)NC(=O)N(c4cc(C(F)(F)F)ccc4Cl)C3=O)cc2Br)cc1C. The standard InChI is InChI=1S/C27H19BrClF3N2O4/c1-14-3-4-17(9-15(14)2)13-38-23-8-5-16(11-20(23)28)10-19-24(35)33-26(37)34(25(19)36)22-12-18(27(30,31)32)6-7-21(22)29/h3-12H,13H2,1-2H3,(H,33,35,37)/b19-10-. The minimum atomic E-state index is -4.74. The Bertz CT molecular complexity index is 1500. The third kappa shape index (κ3) is 5.76. The predicted octanol–water partition coefficient (Wildman–Crippen LogP) is 6.98. The lowest BCUT2D eigenvalue weighted by Gasteiger charge is -2.27. The Kier molecular flexibility index (Phi) is 7.66. The summed E-state index contributed by atoms with van der Waals surface area (Å²) in [6.45, 7) is 4.34. The number of nitrogens with zero attached hydrogens (tertiary/aromatic N) is 1. The molecule has 1 aliphatic rings. The molecule has 3 aromatic rings. The number of imide groups is 2. The quantitative estimate of drug-likeness (QED) is 0.251. The number of carbonyl (C=O) groups excluding carboxylic acids is 3. The van der Waals surface area contributed by atoms with Crippen molar-refractivity contribution >= 4 is 57.1 Å².